The maximum absolute atomic E-state index is 5.72. The molecule has 0 spiro atoms. The van der Waals surface area contributed by atoms with Crippen molar-refractivity contribution in [2.75, 3.05) is 6.61 Å². The minimum Gasteiger partial charge on any atom is -0.400 e. The highest BCUT2D eigenvalue weighted by atomic mass is 28.2. The first kappa shape index (κ1) is 14.5. The van der Waals surface area contributed by atoms with Gasteiger partial charge in [0.05, 0.1) is 12.2 Å². The zero-order valence-electron chi connectivity index (χ0n) is 12.1. The van der Waals surface area contributed by atoms with Crippen molar-refractivity contribution in [2.45, 2.75) is 76.9 Å². The van der Waals surface area contributed by atoms with E-state index in [1.807, 2.05) is 6.92 Å². The number of ether oxygens (including phenoxy) is 2. The second-order valence-electron chi connectivity index (χ2n) is 6.20. The van der Waals surface area contributed by atoms with Gasteiger partial charge in [-0.3, -0.25) is 0 Å². The van der Waals surface area contributed by atoms with Crippen LogP contribution < -0.4 is 0 Å². The quantitative estimate of drug-likeness (QED) is 0.294. The molecule has 18 heavy (non-hydrogen) atoms. The molecule has 4 atom stereocenters. The molecule has 0 aromatic rings. The minimum atomic E-state index is -0.398. The third-order valence-electron chi connectivity index (χ3n) is 3.89. The van der Waals surface area contributed by atoms with Crippen LogP contribution in [0.5, 0.6) is 0 Å². The third-order valence-corrected chi connectivity index (χ3v) is 5.21. The fraction of sp³-hybridized carbons (Fsp3) is 1.00. The van der Waals surface area contributed by atoms with Crippen molar-refractivity contribution >= 4 is 9.76 Å². The Balaban J connectivity index is 1.45. The summed E-state index contributed by atoms with van der Waals surface area (Å²) in [6.07, 6.45) is 7.64. The van der Waals surface area contributed by atoms with Crippen LogP contribution in [0.3, 0.4) is 0 Å². The Labute approximate surface area is 114 Å². The van der Waals surface area contributed by atoms with E-state index in [2.05, 4.69) is 13.8 Å². The summed E-state index contributed by atoms with van der Waals surface area (Å²) in [7, 11) is -0.398. The molecule has 1 saturated heterocycles. The van der Waals surface area contributed by atoms with E-state index in [1.165, 1.54) is 32.1 Å². The van der Waals surface area contributed by atoms with E-state index in [0.29, 0.717) is 17.7 Å². The summed E-state index contributed by atoms with van der Waals surface area (Å²) in [6.45, 7) is 7.31. The first-order valence-electron chi connectivity index (χ1n) is 7.54. The van der Waals surface area contributed by atoms with Crippen molar-refractivity contribution in [1.82, 2.24) is 0 Å². The Morgan fingerprint density at radius 1 is 1.22 bits per heavy atom. The van der Waals surface area contributed by atoms with Gasteiger partial charge < -0.3 is 13.9 Å². The average Bonchev–Trinajstić information content (AvgIpc) is 3.10. The summed E-state index contributed by atoms with van der Waals surface area (Å²) in [5.41, 5.74) is 0.713. The van der Waals surface area contributed by atoms with Crippen LogP contribution in [-0.4, -0.2) is 34.9 Å². The van der Waals surface area contributed by atoms with Gasteiger partial charge in [-0.15, -0.1) is 0 Å². The molecular weight excluding hydrogens is 244 g/mol. The summed E-state index contributed by atoms with van der Waals surface area (Å²) < 4.78 is 17.0. The Morgan fingerprint density at radius 2 is 2.06 bits per heavy atom. The second kappa shape index (κ2) is 7.03. The Morgan fingerprint density at radius 3 is 2.78 bits per heavy atom. The molecule has 0 amide bonds. The van der Waals surface area contributed by atoms with E-state index in [-0.39, 0.29) is 6.29 Å². The van der Waals surface area contributed by atoms with E-state index in [1.54, 1.807) is 0 Å². The first-order chi connectivity index (χ1) is 8.65. The van der Waals surface area contributed by atoms with Gasteiger partial charge in [0, 0.05) is 6.61 Å². The summed E-state index contributed by atoms with van der Waals surface area (Å²) in [4.78, 5) is 0. The molecule has 0 aromatic carbocycles. The topological polar surface area (TPSA) is 31.0 Å². The molecule has 3 nitrogen and oxygen atoms in total. The largest absolute Gasteiger partial charge is 0.400 e. The highest BCUT2D eigenvalue weighted by Crippen LogP contribution is 2.40. The molecule has 2 aliphatic rings. The van der Waals surface area contributed by atoms with Gasteiger partial charge >= 0.3 is 0 Å². The van der Waals surface area contributed by atoms with Gasteiger partial charge in [-0.2, -0.15) is 0 Å². The van der Waals surface area contributed by atoms with Crippen LogP contribution in [-0.2, 0) is 13.9 Å². The Hall–Kier alpha value is 0.0969. The number of hydrogen-bond acceptors (Lipinski definition) is 3. The molecular formula is C14H28O3Si. The van der Waals surface area contributed by atoms with Gasteiger partial charge in [0.2, 0.25) is 0 Å². The van der Waals surface area contributed by atoms with Gasteiger partial charge in [0.25, 0.3) is 0 Å². The summed E-state index contributed by atoms with van der Waals surface area (Å²) in [5, 5.41) is 0. The molecule has 1 aliphatic heterocycles. The maximum atomic E-state index is 5.72. The van der Waals surface area contributed by atoms with Crippen molar-refractivity contribution in [3.8, 4) is 0 Å². The molecule has 1 saturated carbocycles. The third kappa shape index (κ3) is 5.00. The summed E-state index contributed by atoms with van der Waals surface area (Å²) in [5.74, 6) is 0.874. The van der Waals surface area contributed by atoms with E-state index in [9.17, 15) is 0 Å². The number of rotatable bonds is 8. The van der Waals surface area contributed by atoms with Crippen LogP contribution in [0.25, 0.3) is 0 Å². The van der Waals surface area contributed by atoms with Gasteiger partial charge in [0.1, 0.15) is 6.29 Å². The Bertz CT molecular complexity index is 247. The van der Waals surface area contributed by atoms with E-state index >= 15 is 0 Å². The lowest BCUT2D eigenvalue weighted by molar-refractivity contribution is -0.0684. The fourth-order valence-electron chi connectivity index (χ4n) is 2.75. The lowest BCUT2D eigenvalue weighted by Crippen LogP contribution is -2.18. The molecule has 0 radical (unpaired) electrons. The van der Waals surface area contributed by atoms with Gasteiger partial charge in [-0.1, -0.05) is 13.8 Å². The van der Waals surface area contributed by atoms with Crippen molar-refractivity contribution in [1.29, 1.82) is 0 Å². The maximum Gasteiger partial charge on any atom is 0.167 e. The lowest BCUT2D eigenvalue weighted by atomic mass is 9.86. The number of fused-ring (bicyclic) bond motifs is 1. The van der Waals surface area contributed by atoms with Crippen molar-refractivity contribution in [3.05, 3.63) is 0 Å². The molecule has 4 heteroatoms. The van der Waals surface area contributed by atoms with Crippen molar-refractivity contribution in [3.63, 3.8) is 0 Å². The lowest BCUT2D eigenvalue weighted by Gasteiger charge is -2.20. The molecule has 1 heterocycles. The fourth-order valence-corrected chi connectivity index (χ4v) is 3.50. The van der Waals surface area contributed by atoms with E-state index in [0.717, 1.165) is 12.5 Å². The van der Waals surface area contributed by atoms with Crippen LogP contribution in [0.15, 0.2) is 0 Å². The van der Waals surface area contributed by atoms with Gasteiger partial charge in [-0.05, 0) is 50.5 Å². The van der Waals surface area contributed by atoms with Crippen molar-refractivity contribution in [2.24, 2.45) is 5.92 Å². The monoisotopic (exact) mass is 272 g/mol. The Kier molecular flexibility index (Phi) is 5.67. The zero-order valence-corrected chi connectivity index (χ0v) is 13.5. The number of hydrogen-bond donors (Lipinski definition) is 0. The molecule has 2 rings (SSSR count). The highest BCUT2D eigenvalue weighted by Gasteiger charge is 2.43. The molecule has 1 aliphatic carbocycles. The van der Waals surface area contributed by atoms with Crippen LogP contribution in [0.4, 0.5) is 0 Å². The van der Waals surface area contributed by atoms with Crippen LogP contribution in [0.2, 0.25) is 5.54 Å². The van der Waals surface area contributed by atoms with E-state index < -0.39 is 9.76 Å². The highest BCUT2D eigenvalue weighted by molar-refractivity contribution is 6.29. The predicted octanol–water partition coefficient (Wildman–Crippen LogP) is 2.63. The SMILES string of the molecule is CC(OCCCC1CCC2OC2C1)O[SiH2]C(C)C. The average molecular weight is 272 g/mol. The molecule has 0 bridgehead atoms. The normalized spacial score (nSPS) is 33.0. The van der Waals surface area contributed by atoms with E-state index in [4.69, 9.17) is 13.9 Å². The van der Waals surface area contributed by atoms with Crippen LogP contribution in [0, 0.1) is 5.92 Å². The minimum absolute atomic E-state index is 0.00145. The zero-order chi connectivity index (χ0) is 13.0. The van der Waals surface area contributed by atoms with Gasteiger partial charge in [0.15, 0.2) is 9.76 Å². The molecule has 0 N–H and O–H groups in total. The van der Waals surface area contributed by atoms with Crippen molar-refractivity contribution < 1.29 is 13.9 Å². The first-order valence-corrected chi connectivity index (χ1v) is 8.93. The smallest absolute Gasteiger partial charge is 0.167 e. The summed E-state index contributed by atoms with van der Waals surface area (Å²) in [6, 6.07) is 0. The molecule has 0 aromatic heterocycles. The predicted molar refractivity (Wildman–Crippen MR) is 75.4 cm³/mol. The van der Waals surface area contributed by atoms with Crippen LogP contribution in [0.1, 0.15) is 52.9 Å². The number of epoxide rings is 1. The molecule has 4 unspecified atom stereocenters. The molecule has 106 valence electrons. The van der Waals surface area contributed by atoms with Crippen LogP contribution >= 0.6 is 0 Å². The second-order valence-corrected chi connectivity index (χ2v) is 8.50. The summed E-state index contributed by atoms with van der Waals surface area (Å²) >= 11 is 0. The molecule has 2 fully saturated rings. The standard InChI is InChI=1S/C14H28O3Si/c1-10(2)18-17-11(3)15-8-4-5-12-6-7-13-14(9-12)16-13/h10-14H,4-9,18H2,1-3H3. The van der Waals surface area contributed by atoms with Gasteiger partial charge in [-0.25, -0.2) is 0 Å².